The summed E-state index contributed by atoms with van der Waals surface area (Å²) in [6, 6.07) is 0. The smallest absolute Gasteiger partial charge is 0.356 e. The number of hydrogen-bond donors (Lipinski definition) is 1. The minimum Gasteiger partial charge on any atom is -0.464 e. The molecular weight excluding hydrogens is 288 g/mol. The maximum absolute atomic E-state index is 11.7. The van der Waals surface area contributed by atoms with Gasteiger partial charge >= 0.3 is 11.9 Å². The Morgan fingerprint density at radius 1 is 1.26 bits per heavy atom. The van der Waals surface area contributed by atoms with Crippen LogP contribution in [0.15, 0.2) is 16.4 Å². The molecule has 0 aromatic heterocycles. The van der Waals surface area contributed by atoms with Gasteiger partial charge in [0.1, 0.15) is 5.70 Å². The summed E-state index contributed by atoms with van der Waals surface area (Å²) in [5.41, 5.74) is 4.15. The van der Waals surface area contributed by atoms with E-state index in [1.54, 1.807) is 23.5 Å². The highest BCUT2D eigenvalue weighted by molar-refractivity contribution is 8.16. The molecule has 2 heterocycles. The number of fused-ring (bicyclic) bond motifs is 1. The van der Waals surface area contributed by atoms with Crippen LogP contribution >= 0.6 is 23.5 Å². The van der Waals surface area contributed by atoms with Crippen LogP contribution in [-0.4, -0.2) is 48.5 Å². The highest BCUT2D eigenvalue weighted by atomic mass is 32.2. The fourth-order valence-electron chi connectivity index (χ4n) is 1.91. The van der Waals surface area contributed by atoms with Crippen LogP contribution in [-0.2, 0) is 19.1 Å². The third-order valence-electron chi connectivity index (χ3n) is 2.85. The summed E-state index contributed by atoms with van der Waals surface area (Å²) in [4.78, 5) is 23.5. The van der Waals surface area contributed by atoms with Crippen molar-refractivity contribution in [1.82, 2.24) is 5.43 Å². The molecule has 19 heavy (non-hydrogen) atoms. The summed E-state index contributed by atoms with van der Waals surface area (Å²) in [6.07, 6.45) is 0. The van der Waals surface area contributed by atoms with Gasteiger partial charge in [-0.05, 0) is 5.57 Å². The van der Waals surface area contributed by atoms with Gasteiger partial charge in [-0.3, -0.25) is 5.43 Å². The quantitative estimate of drug-likeness (QED) is 0.748. The van der Waals surface area contributed by atoms with Gasteiger partial charge in [-0.25, -0.2) is 9.59 Å². The third kappa shape index (κ3) is 2.89. The fraction of sp³-hybridized carbons (Fsp3) is 0.545. The number of ether oxygens (including phenoxy) is 2. The number of nitrogens with zero attached hydrogens (tertiary/aromatic N) is 1. The molecule has 6 nitrogen and oxygen atoms in total. The Kier molecular flexibility index (Phi) is 4.76. The van der Waals surface area contributed by atoms with E-state index in [-0.39, 0.29) is 5.92 Å². The fourth-order valence-corrected chi connectivity index (χ4v) is 4.26. The van der Waals surface area contributed by atoms with E-state index in [0.29, 0.717) is 22.9 Å². The Morgan fingerprint density at radius 3 is 2.68 bits per heavy atom. The second-order valence-corrected chi connectivity index (χ2v) is 6.26. The highest BCUT2D eigenvalue weighted by Crippen LogP contribution is 2.33. The van der Waals surface area contributed by atoms with Crippen molar-refractivity contribution >= 4 is 41.2 Å². The van der Waals surface area contributed by atoms with Gasteiger partial charge in [0.15, 0.2) is 5.71 Å². The van der Waals surface area contributed by atoms with Crippen LogP contribution < -0.4 is 5.43 Å². The molecule has 0 aromatic carbocycles. The zero-order valence-electron chi connectivity index (χ0n) is 10.6. The summed E-state index contributed by atoms with van der Waals surface area (Å²) >= 11 is 3.42. The molecular formula is C11H14N2O4S2. The van der Waals surface area contributed by atoms with E-state index in [0.717, 1.165) is 10.7 Å². The number of thioether (sulfide) groups is 2. The number of rotatable bonds is 2. The zero-order valence-corrected chi connectivity index (χ0v) is 12.2. The van der Waals surface area contributed by atoms with Crippen LogP contribution in [0.5, 0.6) is 0 Å². The van der Waals surface area contributed by atoms with E-state index in [4.69, 9.17) is 9.47 Å². The first-order chi connectivity index (χ1) is 9.19. The lowest BCUT2D eigenvalue weighted by molar-refractivity contribution is -0.137. The predicted molar refractivity (Wildman–Crippen MR) is 74.9 cm³/mol. The molecule has 0 spiro atoms. The van der Waals surface area contributed by atoms with Crippen molar-refractivity contribution in [2.45, 2.75) is 0 Å². The number of hydrogen-bond acceptors (Lipinski definition) is 8. The average molecular weight is 302 g/mol. The summed E-state index contributed by atoms with van der Waals surface area (Å²) in [5.74, 6) is 0.262. The van der Waals surface area contributed by atoms with E-state index in [2.05, 4.69) is 10.5 Å². The highest BCUT2D eigenvalue weighted by Gasteiger charge is 2.36. The van der Waals surface area contributed by atoms with Gasteiger partial charge in [0.25, 0.3) is 0 Å². The Balaban J connectivity index is 2.36. The molecule has 0 bridgehead atoms. The van der Waals surface area contributed by atoms with Gasteiger partial charge in [0.2, 0.25) is 0 Å². The largest absolute Gasteiger partial charge is 0.464 e. The molecule has 104 valence electrons. The minimum atomic E-state index is -0.466. The van der Waals surface area contributed by atoms with E-state index in [1.807, 2.05) is 0 Å². The summed E-state index contributed by atoms with van der Waals surface area (Å²) in [5, 5.41) is 4.91. The SMILES string of the molecule is COC(=O)C1=NNC(C(=O)OC)=C2CSCSC[C@@H]12. The topological polar surface area (TPSA) is 77.0 Å². The van der Waals surface area contributed by atoms with E-state index < -0.39 is 11.9 Å². The lowest BCUT2D eigenvalue weighted by Crippen LogP contribution is -2.38. The number of carbonyl (C=O) groups is 2. The molecule has 0 aliphatic carbocycles. The average Bonchev–Trinajstić information content (AvgIpc) is 2.70. The van der Waals surface area contributed by atoms with Crippen LogP contribution in [0.25, 0.3) is 0 Å². The molecule has 2 aliphatic heterocycles. The standard InChI is InChI=1S/C11H14N2O4S2/c1-16-10(14)8-6-3-18-5-19-4-7(6)9(13-12-8)11(15)17-2/h6,13H,3-5H2,1-2H3/t6-/m1/s1. The lowest BCUT2D eigenvalue weighted by Gasteiger charge is -2.24. The van der Waals surface area contributed by atoms with E-state index in [1.165, 1.54) is 14.2 Å². The van der Waals surface area contributed by atoms with Crippen LogP contribution in [0, 0.1) is 5.92 Å². The van der Waals surface area contributed by atoms with Crippen LogP contribution in [0.3, 0.4) is 0 Å². The van der Waals surface area contributed by atoms with Crippen LogP contribution in [0.2, 0.25) is 0 Å². The van der Waals surface area contributed by atoms with Crippen LogP contribution in [0.4, 0.5) is 0 Å². The number of nitrogens with one attached hydrogen (secondary N) is 1. The summed E-state index contributed by atoms with van der Waals surface area (Å²) in [6.45, 7) is 0. The molecule has 2 aliphatic rings. The van der Waals surface area contributed by atoms with Crippen molar-refractivity contribution in [3.63, 3.8) is 0 Å². The van der Waals surface area contributed by atoms with Crippen molar-refractivity contribution in [3.05, 3.63) is 11.3 Å². The van der Waals surface area contributed by atoms with Crippen molar-refractivity contribution in [1.29, 1.82) is 0 Å². The molecule has 0 radical (unpaired) electrons. The Morgan fingerprint density at radius 2 is 2.00 bits per heavy atom. The minimum absolute atomic E-state index is 0.192. The summed E-state index contributed by atoms with van der Waals surface area (Å²) < 4.78 is 9.48. The Bertz CT molecular complexity index is 462. The first-order valence-corrected chi connectivity index (χ1v) is 7.88. The van der Waals surface area contributed by atoms with Gasteiger partial charge in [0.05, 0.1) is 14.2 Å². The second kappa shape index (κ2) is 6.33. The number of methoxy groups -OCH3 is 2. The maximum Gasteiger partial charge on any atom is 0.356 e. The van der Waals surface area contributed by atoms with Gasteiger partial charge in [-0.15, -0.1) is 11.8 Å². The molecule has 1 fully saturated rings. The monoisotopic (exact) mass is 302 g/mol. The van der Waals surface area contributed by atoms with Gasteiger partial charge in [-0.1, -0.05) is 0 Å². The Labute approximate surface area is 119 Å². The third-order valence-corrected chi connectivity index (χ3v) is 5.27. The number of carbonyl (C=O) groups excluding carboxylic acids is 2. The number of hydrazone groups is 1. The molecule has 0 amide bonds. The molecule has 1 N–H and O–H groups in total. The molecule has 1 atom stereocenters. The molecule has 0 aromatic rings. The Hall–Kier alpha value is -1.15. The van der Waals surface area contributed by atoms with Crippen molar-refractivity contribution in [2.75, 3.05) is 30.8 Å². The molecule has 0 unspecified atom stereocenters. The van der Waals surface area contributed by atoms with E-state index >= 15 is 0 Å². The molecule has 0 saturated carbocycles. The zero-order chi connectivity index (χ0) is 13.8. The van der Waals surface area contributed by atoms with Crippen molar-refractivity contribution in [2.24, 2.45) is 11.0 Å². The predicted octanol–water partition coefficient (Wildman–Crippen LogP) is 0.599. The van der Waals surface area contributed by atoms with Gasteiger partial charge < -0.3 is 9.47 Å². The van der Waals surface area contributed by atoms with Crippen molar-refractivity contribution < 1.29 is 19.1 Å². The van der Waals surface area contributed by atoms with Crippen LogP contribution in [0.1, 0.15) is 0 Å². The first-order valence-electron chi connectivity index (χ1n) is 5.57. The summed E-state index contributed by atoms with van der Waals surface area (Å²) in [7, 11) is 2.65. The maximum atomic E-state index is 11.7. The first kappa shape index (κ1) is 14.3. The van der Waals surface area contributed by atoms with Gasteiger partial charge in [0, 0.05) is 22.5 Å². The van der Waals surface area contributed by atoms with Crippen molar-refractivity contribution in [3.8, 4) is 0 Å². The molecule has 1 saturated heterocycles. The van der Waals surface area contributed by atoms with E-state index in [9.17, 15) is 9.59 Å². The second-order valence-electron chi connectivity index (χ2n) is 3.88. The number of esters is 2. The normalized spacial score (nSPS) is 22.6. The molecule has 8 heteroatoms. The lowest BCUT2D eigenvalue weighted by atomic mass is 9.93. The van der Waals surface area contributed by atoms with Gasteiger partial charge in [-0.2, -0.15) is 16.9 Å². The molecule has 2 rings (SSSR count).